The van der Waals surface area contributed by atoms with Gasteiger partial charge in [0.2, 0.25) is 0 Å². The minimum absolute atomic E-state index is 0.0673. The Balaban J connectivity index is 0.000000401. The third-order valence-corrected chi connectivity index (χ3v) is 4.93. The highest BCUT2D eigenvalue weighted by Gasteiger charge is 2.25. The molecule has 1 saturated heterocycles. The van der Waals surface area contributed by atoms with Gasteiger partial charge in [0, 0.05) is 26.2 Å². The highest BCUT2D eigenvalue weighted by atomic mass is 16.4. The van der Waals surface area contributed by atoms with E-state index in [0.29, 0.717) is 11.3 Å². The van der Waals surface area contributed by atoms with Crippen LogP contribution in [-0.2, 0) is 16.1 Å². The predicted molar refractivity (Wildman–Crippen MR) is 111 cm³/mol. The fourth-order valence-corrected chi connectivity index (χ4v) is 3.41. The van der Waals surface area contributed by atoms with Crippen LogP contribution in [0.3, 0.4) is 0 Å². The number of aliphatic carboxylic acids is 2. The molecule has 0 spiro atoms. The van der Waals surface area contributed by atoms with Gasteiger partial charge in [0.25, 0.3) is 5.91 Å². The lowest BCUT2D eigenvalue weighted by atomic mass is 10.2. The molecule has 3 aromatic rings. The van der Waals surface area contributed by atoms with Gasteiger partial charge >= 0.3 is 11.9 Å². The van der Waals surface area contributed by atoms with Crippen LogP contribution in [0.2, 0.25) is 0 Å². The number of imidazole rings is 1. The first-order valence-corrected chi connectivity index (χ1v) is 9.73. The van der Waals surface area contributed by atoms with Crippen molar-refractivity contribution in [3.8, 4) is 0 Å². The number of para-hydroxylation sites is 2. The molecule has 1 amide bonds. The first-order valence-electron chi connectivity index (χ1n) is 9.73. The Hall–Kier alpha value is -3.66. The maximum absolute atomic E-state index is 12.6. The second-order valence-electron chi connectivity index (χ2n) is 7.21. The molecule has 0 aliphatic carbocycles. The van der Waals surface area contributed by atoms with Gasteiger partial charge in [-0.25, -0.2) is 14.6 Å². The molecule has 2 aromatic heterocycles. The van der Waals surface area contributed by atoms with Crippen LogP contribution in [0.4, 0.5) is 0 Å². The molecule has 1 aromatic carbocycles. The van der Waals surface area contributed by atoms with Gasteiger partial charge in [0.1, 0.15) is 17.3 Å². The van der Waals surface area contributed by atoms with Crippen LogP contribution in [0.25, 0.3) is 11.0 Å². The van der Waals surface area contributed by atoms with E-state index in [4.69, 9.17) is 24.2 Å². The number of carbonyl (C=O) groups is 3. The van der Waals surface area contributed by atoms with E-state index in [0.717, 1.165) is 55.3 Å². The first kappa shape index (κ1) is 22.0. The number of H-pyrrole nitrogens is 1. The van der Waals surface area contributed by atoms with E-state index in [1.807, 2.05) is 49.1 Å². The summed E-state index contributed by atoms with van der Waals surface area (Å²) in [7, 11) is 0. The lowest BCUT2D eigenvalue weighted by Gasteiger charge is -2.34. The van der Waals surface area contributed by atoms with E-state index >= 15 is 0 Å². The summed E-state index contributed by atoms with van der Waals surface area (Å²) >= 11 is 0. The average molecular weight is 428 g/mol. The van der Waals surface area contributed by atoms with Crippen molar-refractivity contribution < 1.29 is 29.0 Å². The number of carboxylic acid groups (broad SMARTS) is 2. The second-order valence-corrected chi connectivity index (χ2v) is 7.21. The molecule has 10 nitrogen and oxygen atoms in total. The Morgan fingerprint density at radius 2 is 1.71 bits per heavy atom. The maximum Gasteiger partial charge on any atom is 0.414 e. The lowest BCUT2D eigenvalue weighted by molar-refractivity contribution is -0.159. The number of hydrogen-bond acceptors (Lipinski definition) is 6. The van der Waals surface area contributed by atoms with E-state index in [-0.39, 0.29) is 5.91 Å². The van der Waals surface area contributed by atoms with Crippen molar-refractivity contribution in [3.05, 3.63) is 53.2 Å². The highest BCUT2D eigenvalue weighted by molar-refractivity contribution is 6.27. The molecular weight excluding hydrogens is 404 g/mol. The van der Waals surface area contributed by atoms with E-state index < -0.39 is 11.9 Å². The van der Waals surface area contributed by atoms with E-state index in [9.17, 15) is 4.79 Å². The normalized spacial score (nSPS) is 14.2. The summed E-state index contributed by atoms with van der Waals surface area (Å²) in [5, 5.41) is 14.8. The number of aromatic nitrogens is 2. The molecule has 1 aliphatic rings. The summed E-state index contributed by atoms with van der Waals surface area (Å²) in [5.74, 6) is -1.12. The number of nitrogens with one attached hydrogen (secondary N) is 1. The van der Waals surface area contributed by atoms with Crippen molar-refractivity contribution >= 4 is 28.9 Å². The summed E-state index contributed by atoms with van der Waals surface area (Å²) in [6, 6.07) is 9.89. The van der Waals surface area contributed by atoms with Crippen molar-refractivity contribution in [2.24, 2.45) is 0 Å². The molecule has 0 atom stereocenters. The quantitative estimate of drug-likeness (QED) is 0.537. The van der Waals surface area contributed by atoms with Crippen LogP contribution in [0.5, 0.6) is 0 Å². The molecule has 164 valence electrons. The largest absolute Gasteiger partial charge is 0.473 e. The molecule has 0 unspecified atom stereocenters. The Morgan fingerprint density at radius 1 is 1.06 bits per heavy atom. The third-order valence-electron chi connectivity index (χ3n) is 4.93. The number of fused-ring (bicyclic) bond motifs is 1. The molecule has 3 N–H and O–H groups in total. The zero-order valence-corrected chi connectivity index (χ0v) is 17.3. The van der Waals surface area contributed by atoms with Gasteiger partial charge < -0.3 is 24.5 Å². The van der Waals surface area contributed by atoms with Gasteiger partial charge in [0.15, 0.2) is 0 Å². The van der Waals surface area contributed by atoms with Gasteiger partial charge in [-0.05, 0) is 32.0 Å². The van der Waals surface area contributed by atoms with Crippen LogP contribution in [0, 0.1) is 13.8 Å². The third kappa shape index (κ3) is 5.48. The van der Waals surface area contributed by atoms with Crippen LogP contribution < -0.4 is 0 Å². The summed E-state index contributed by atoms with van der Waals surface area (Å²) in [6.45, 7) is 7.64. The van der Waals surface area contributed by atoms with Gasteiger partial charge in [0.05, 0.1) is 23.1 Å². The molecule has 0 saturated carbocycles. The number of hydrogen-bond donors (Lipinski definition) is 3. The maximum atomic E-state index is 12.6. The standard InChI is InChI=1S/C19H22N4O2.C2H2O4/c1-13-11-15(14(2)25-13)19(24)23-9-7-22(8-10-23)12-18-20-16-5-3-4-6-17(16)21-18;3-1(4)2(5)6/h3-6,11H,7-10,12H2,1-2H3,(H,20,21);(H,3,4)(H,5,6). The first-order chi connectivity index (χ1) is 14.7. The minimum Gasteiger partial charge on any atom is -0.473 e. The van der Waals surface area contributed by atoms with Crippen LogP contribution >= 0.6 is 0 Å². The van der Waals surface area contributed by atoms with Crippen LogP contribution in [0.15, 0.2) is 34.7 Å². The molecule has 31 heavy (non-hydrogen) atoms. The number of furan rings is 1. The predicted octanol–water partition coefficient (Wildman–Crippen LogP) is 1.89. The summed E-state index contributed by atoms with van der Waals surface area (Å²) in [4.78, 5) is 43.1. The van der Waals surface area contributed by atoms with Crippen LogP contribution in [0.1, 0.15) is 27.7 Å². The molecule has 0 bridgehead atoms. The molecule has 1 fully saturated rings. The number of amides is 1. The van der Waals surface area contributed by atoms with Crippen molar-refractivity contribution in [1.29, 1.82) is 0 Å². The van der Waals surface area contributed by atoms with Gasteiger partial charge in [-0.3, -0.25) is 9.69 Å². The molecule has 0 radical (unpaired) electrons. The Bertz CT molecular complexity index is 1050. The summed E-state index contributed by atoms with van der Waals surface area (Å²) in [5.41, 5.74) is 2.75. The molecule has 1 aliphatic heterocycles. The van der Waals surface area contributed by atoms with E-state index in [1.54, 1.807) is 0 Å². The number of aryl methyl sites for hydroxylation is 2. The molecule has 4 rings (SSSR count). The van der Waals surface area contributed by atoms with Crippen LogP contribution in [-0.4, -0.2) is 74.0 Å². The Kier molecular flexibility index (Phi) is 6.71. The van der Waals surface area contributed by atoms with Crippen molar-refractivity contribution in [2.45, 2.75) is 20.4 Å². The fraction of sp³-hybridized carbons (Fsp3) is 0.333. The van der Waals surface area contributed by atoms with Crippen molar-refractivity contribution in [3.63, 3.8) is 0 Å². The van der Waals surface area contributed by atoms with Crippen molar-refractivity contribution in [1.82, 2.24) is 19.8 Å². The monoisotopic (exact) mass is 428 g/mol. The highest BCUT2D eigenvalue weighted by Crippen LogP contribution is 2.18. The fourth-order valence-electron chi connectivity index (χ4n) is 3.41. The van der Waals surface area contributed by atoms with E-state index in [1.165, 1.54) is 0 Å². The summed E-state index contributed by atoms with van der Waals surface area (Å²) < 4.78 is 5.49. The minimum atomic E-state index is -1.82. The number of carbonyl (C=O) groups excluding carboxylic acids is 1. The number of rotatable bonds is 3. The van der Waals surface area contributed by atoms with Gasteiger partial charge in [-0.2, -0.15) is 0 Å². The van der Waals surface area contributed by atoms with E-state index in [2.05, 4.69) is 14.9 Å². The number of nitrogens with zero attached hydrogens (tertiary/aromatic N) is 3. The number of carboxylic acids is 2. The van der Waals surface area contributed by atoms with Gasteiger partial charge in [-0.1, -0.05) is 12.1 Å². The Morgan fingerprint density at radius 3 is 2.26 bits per heavy atom. The number of aromatic amines is 1. The molecule has 3 heterocycles. The second kappa shape index (κ2) is 9.43. The van der Waals surface area contributed by atoms with Gasteiger partial charge in [-0.15, -0.1) is 0 Å². The number of piperazine rings is 1. The average Bonchev–Trinajstić information content (AvgIpc) is 3.29. The zero-order chi connectivity index (χ0) is 22.5. The smallest absolute Gasteiger partial charge is 0.414 e. The van der Waals surface area contributed by atoms with Crippen molar-refractivity contribution in [2.75, 3.05) is 26.2 Å². The molecular formula is C21H24N4O6. The Labute approximate surface area is 178 Å². The zero-order valence-electron chi connectivity index (χ0n) is 17.3. The SMILES string of the molecule is Cc1cc(C(=O)N2CCN(Cc3nc4ccccc4[nH]3)CC2)c(C)o1.O=C(O)C(=O)O. The number of benzene rings is 1. The topological polar surface area (TPSA) is 140 Å². The molecule has 10 heteroatoms. The summed E-state index contributed by atoms with van der Waals surface area (Å²) in [6.07, 6.45) is 0. The lowest BCUT2D eigenvalue weighted by Crippen LogP contribution is -2.48.